The quantitative estimate of drug-likeness (QED) is 0.0638. The predicted octanol–water partition coefficient (Wildman–Crippen LogP) is 4.50. The number of carboxylic acids is 2. The monoisotopic (exact) mass is 618 g/mol. The van der Waals surface area contributed by atoms with E-state index >= 15 is 0 Å². The first-order valence-corrected chi connectivity index (χ1v) is 16.0. The Balaban J connectivity index is 2.84. The summed E-state index contributed by atoms with van der Waals surface area (Å²) in [5, 5.41) is 39.1. The third-order valence-corrected chi connectivity index (χ3v) is 7.53. The molecule has 4 N–H and O–H groups in total. The number of aliphatic hydroxyl groups is 2. The normalized spacial score (nSPS) is 22.6. The van der Waals surface area contributed by atoms with Gasteiger partial charge in [0, 0.05) is 13.3 Å². The first-order chi connectivity index (χ1) is 20.5. The van der Waals surface area contributed by atoms with E-state index in [-0.39, 0.29) is 19.1 Å². The minimum atomic E-state index is -1.66. The van der Waals surface area contributed by atoms with Gasteiger partial charge in [-0.15, -0.1) is 0 Å². The van der Waals surface area contributed by atoms with E-state index in [0.717, 1.165) is 57.8 Å². The van der Waals surface area contributed by atoms with E-state index in [1.54, 1.807) is 0 Å². The van der Waals surface area contributed by atoms with Crippen LogP contribution in [0.3, 0.4) is 0 Å². The Morgan fingerprint density at radius 3 is 1.79 bits per heavy atom. The molecule has 1 fully saturated rings. The Bertz CT molecular complexity index is 804. The molecule has 1 rings (SSSR count). The summed E-state index contributed by atoms with van der Waals surface area (Å²) < 4.78 is 22.4. The average Bonchev–Trinajstić information content (AvgIpc) is 2.93. The molecule has 0 radical (unpaired) electrons. The molecule has 0 unspecified atom stereocenters. The molecule has 1 aliphatic heterocycles. The van der Waals surface area contributed by atoms with Crippen LogP contribution in [-0.4, -0.2) is 87.7 Å². The average molecular weight is 619 g/mol. The molecule has 1 heterocycles. The smallest absolute Gasteiger partial charge is 0.317 e. The van der Waals surface area contributed by atoms with E-state index in [4.69, 9.17) is 29.2 Å². The molecular formula is C31H54O12. The van der Waals surface area contributed by atoms with Crippen LogP contribution in [0.5, 0.6) is 0 Å². The molecule has 0 spiro atoms. The van der Waals surface area contributed by atoms with Gasteiger partial charge < -0.3 is 39.4 Å². The van der Waals surface area contributed by atoms with Crippen molar-refractivity contribution in [1.82, 2.24) is 0 Å². The van der Waals surface area contributed by atoms with Crippen molar-refractivity contribution >= 4 is 23.9 Å². The lowest BCUT2D eigenvalue weighted by atomic mass is 9.98. The molecule has 0 saturated carbocycles. The van der Waals surface area contributed by atoms with Crippen LogP contribution in [0.25, 0.3) is 0 Å². The van der Waals surface area contributed by atoms with Crippen LogP contribution < -0.4 is 0 Å². The highest BCUT2D eigenvalue weighted by molar-refractivity contribution is 5.90. The molecule has 12 heteroatoms. The van der Waals surface area contributed by atoms with Gasteiger partial charge in [0.25, 0.3) is 0 Å². The summed E-state index contributed by atoms with van der Waals surface area (Å²) in [4.78, 5) is 45.2. The molecule has 250 valence electrons. The number of carboxylic acid groups (broad SMARTS) is 2. The third kappa shape index (κ3) is 18.2. The van der Waals surface area contributed by atoms with Gasteiger partial charge in [-0.25, -0.2) is 0 Å². The number of unbranched alkanes of at least 4 members (excludes halogenated alkanes) is 12. The topological polar surface area (TPSA) is 186 Å². The highest BCUT2D eigenvalue weighted by Crippen LogP contribution is 2.28. The number of hydrogen-bond acceptors (Lipinski definition) is 10. The first-order valence-electron chi connectivity index (χ1n) is 16.0. The molecule has 43 heavy (non-hydrogen) atoms. The van der Waals surface area contributed by atoms with Crippen molar-refractivity contribution in [3.8, 4) is 0 Å². The number of aliphatic carboxylic acids is 2. The second kappa shape index (κ2) is 23.1. The van der Waals surface area contributed by atoms with Gasteiger partial charge in [0.15, 0.2) is 12.4 Å². The Morgan fingerprint density at radius 1 is 0.744 bits per heavy atom. The van der Waals surface area contributed by atoms with Crippen LogP contribution in [0.1, 0.15) is 129 Å². The summed E-state index contributed by atoms with van der Waals surface area (Å²) >= 11 is 0. The Kier molecular flexibility index (Phi) is 20.9. The lowest BCUT2D eigenvalue weighted by Crippen LogP contribution is -2.61. The SMILES string of the molecule is CCCCCCCCC[C@H](CCCCCCCCCC(=O)O)O[C@@H]1O[C@@H](COC(C)=O)[C@@H](O)[C@H](O)[C@H]1OC(=O)CC(=O)O. The lowest BCUT2D eigenvalue weighted by Gasteiger charge is -2.42. The predicted molar refractivity (Wildman–Crippen MR) is 156 cm³/mol. The Morgan fingerprint density at radius 2 is 1.28 bits per heavy atom. The second-order valence-corrected chi connectivity index (χ2v) is 11.4. The zero-order valence-corrected chi connectivity index (χ0v) is 26.0. The van der Waals surface area contributed by atoms with Crippen LogP contribution >= 0.6 is 0 Å². The Labute approximate surface area is 255 Å². The van der Waals surface area contributed by atoms with Gasteiger partial charge in [-0.2, -0.15) is 0 Å². The van der Waals surface area contributed by atoms with Crippen molar-refractivity contribution in [3.05, 3.63) is 0 Å². The minimum Gasteiger partial charge on any atom is -0.481 e. The minimum absolute atomic E-state index is 0.195. The molecular weight excluding hydrogens is 564 g/mol. The molecule has 12 nitrogen and oxygen atoms in total. The van der Waals surface area contributed by atoms with Gasteiger partial charge in [-0.1, -0.05) is 90.4 Å². The summed E-state index contributed by atoms with van der Waals surface area (Å²) in [5.41, 5.74) is 0. The molecule has 0 aromatic rings. The van der Waals surface area contributed by atoms with Gasteiger partial charge in [-0.3, -0.25) is 19.2 Å². The van der Waals surface area contributed by atoms with Crippen LogP contribution in [0.2, 0.25) is 0 Å². The highest BCUT2D eigenvalue weighted by atomic mass is 16.7. The standard InChI is InChI=1S/C31H54O12/c1-3-4-5-6-8-11-14-17-23(18-15-12-9-7-10-13-16-19-25(33)34)41-31-30(43-27(37)20-26(35)36)29(39)28(38)24(42-31)21-40-22(2)32/h23-24,28-31,38-39H,3-21H2,1-2H3,(H,33,34)(H,35,36)/t23-,24+,28-,29+,30-,31-/m1/s1. The van der Waals surface area contributed by atoms with Crippen LogP contribution in [0, 0.1) is 0 Å². The van der Waals surface area contributed by atoms with E-state index < -0.39 is 61.0 Å². The van der Waals surface area contributed by atoms with E-state index in [9.17, 15) is 29.4 Å². The van der Waals surface area contributed by atoms with Crippen LogP contribution in [0.15, 0.2) is 0 Å². The maximum Gasteiger partial charge on any atom is 0.317 e. The van der Waals surface area contributed by atoms with Gasteiger partial charge >= 0.3 is 23.9 Å². The number of carbonyl (C=O) groups excluding carboxylic acids is 2. The molecule has 0 bridgehead atoms. The summed E-state index contributed by atoms with van der Waals surface area (Å²) in [6.45, 7) is 3.02. The number of aliphatic hydroxyl groups excluding tert-OH is 2. The number of hydrogen-bond donors (Lipinski definition) is 4. The highest BCUT2D eigenvalue weighted by Gasteiger charge is 2.48. The molecule has 6 atom stereocenters. The summed E-state index contributed by atoms with van der Waals surface area (Å²) in [6.07, 6.45) is 7.37. The zero-order chi connectivity index (χ0) is 32.0. The molecule has 1 aliphatic rings. The zero-order valence-electron chi connectivity index (χ0n) is 26.0. The summed E-state index contributed by atoms with van der Waals surface area (Å²) in [6, 6.07) is 0. The van der Waals surface area contributed by atoms with Gasteiger partial charge in [-0.05, 0) is 19.3 Å². The third-order valence-electron chi connectivity index (χ3n) is 7.53. The summed E-state index contributed by atoms with van der Waals surface area (Å²) in [5.74, 6) is -3.88. The van der Waals surface area contributed by atoms with Crippen molar-refractivity contribution < 1.29 is 58.6 Å². The van der Waals surface area contributed by atoms with Crippen molar-refractivity contribution in [2.75, 3.05) is 6.61 Å². The maximum atomic E-state index is 12.2. The van der Waals surface area contributed by atoms with E-state index in [1.807, 2.05) is 0 Å². The van der Waals surface area contributed by atoms with Crippen molar-refractivity contribution in [2.24, 2.45) is 0 Å². The fraction of sp³-hybridized carbons (Fsp3) is 0.871. The van der Waals surface area contributed by atoms with Gasteiger partial charge in [0.1, 0.15) is 31.3 Å². The van der Waals surface area contributed by atoms with E-state index in [0.29, 0.717) is 19.3 Å². The number of esters is 2. The lowest BCUT2D eigenvalue weighted by molar-refractivity contribution is -0.315. The maximum absolute atomic E-state index is 12.2. The van der Waals surface area contributed by atoms with Crippen molar-refractivity contribution in [1.29, 1.82) is 0 Å². The molecule has 0 aromatic heterocycles. The number of ether oxygens (including phenoxy) is 4. The van der Waals surface area contributed by atoms with Crippen molar-refractivity contribution in [2.45, 2.75) is 166 Å². The fourth-order valence-electron chi connectivity index (χ4n) is 5.13. The van der Waals surface area contributed by atoms with E-state index in [1.165, 1.54) is 32.6 Å². The van der Waals surface area contributed by atoms with Crippen molar-refractivity contribution in [3.63, 3.8) is 0 Å². The fourth-order valence-corrected chi connectivity index (χ4v) is 5.13. The largest absolute Gasteiger partial charge is 0.481 e. The van der Waals surface area contributed by atoms with Crippen LogP contribution in [-0.2, 0) is 38.1 Å². The molecule has 1 saturated heterocycles. The second-order valence-electron chi connectivity index (χ2n) is 11.4. The number of carbonyl (C=O) groups is 4. The Hall–Kier alpha value is -2.28. The van der Waals surface area contributed by atoms with E-state index in [2.05, 4.69) is 6.92 Å². The molecule has 0 aromatic carbocycles. The molecule has 0 aliphatic carbocycles. The summed E-state index contributed by atoms with van der Waals surface area (Å²) in [7, 11) is 0. The van der Waals surface area contributed by atoms with Gasteiger partial charge in [0.05, 0.1) is 6.10 Å². The van der Waals surface area contributed by atoms with Gasteiger partial charge in [0.2, 0.25) is 0 Å². The number of rotatable bonds is 25. The molecule has 0 amide bonds. The first kappa shape index (κ1) is 38.7. The van der Waals surface area contributed by atoms with Crippen LogP contribution in [0.4, 0.5) is 0 Å².